The first-order valence-corrected chi connectivity index (χ1v) is 11.7. The molecule has 2 aromatic heterocycles. The van der Waals surface area contributed by atoms with Crippen LogP contribution in [-0.2, 0) is 14.8 Å². The number of pyridine rings is 1. The minimum atomic E-state index is -3.24. The van der Waals surface area contributed by atoms with Gasteiger partial charge in [-0.2, -0.15) is 5.10 Å². The molecule has 0 aliphatic carbocycles. The van der Waals surface area contributed by atoms with Gasteiger partial charge in [0.15, 0.2) is 0 Å². The second-order valence-electron chi connectivity index (χ2n) is 7.57. The summed E-state index contributed by atoms with van der Waals surface area (Å²) < 4.78 is 38.4. The maximum Gasteiger partial charge on any atom is 0.219 e. The van der Waals surface area contributed by atoms with Crippen LogP contribution >= 0.6 is 0 Å². The van der Waals surface area contributed by atoms with E-state index in [1.807, 2.05) is 48.4 Å². The molecule has 0 unspecified atom stereocenters. The average molecular weight is 446 g/mol. The lowest BCUT2D eigenvalue weighted by atomic mass is 10.2. The highest BCUT2D eigenvalue weighted by Gasteiger charge is 2.39. The van der Waals surface area contributed by atoms with Crippen LogP contribution in [0.15, 0.2) is 42.7 Å². The molecule has 1 saturated heterocycles. The van der Waals surface area contributed by atoms with E-state index in [1.165, 1.54) is 4.31 Å². The average Bonchev–Trinajstić information content (AvgIpc) is 3.14. The molecule has 0 radical (unpaired) electrons. The molecule has 0 spiro atoms. The molecule has 0 atom stereocenters. The Kier molecular flexibility index (Phi) is 6.12. The summed E-state index contributed by atoms with van der Waals surface area (Å²) in [6.45, 7) is 4.59. The van der Waals surface area contributed by atoms with Crippen LogP contribution in [-0.4, -0.2) is 79.7 Å². The van der Waals surface area contributed by atoms with Crippen LogP contribution in [0.2, 0.25) is 0 Å². The van der Waals surface area contributed by atoms with Gasteiger partial charge in [-0.05, 0) is 31.2 Å². The molecule has 166 valence electrons. The minimum absolute atomic E-state index is 0.396. The van der Waals surface area contributed by atoms with Crippen LogP contribution < -0.4 is 9.64 Å². The summed E-state index contributed by atoms with van der Waals surface area (Å²) in [5.41, 5.74) is 1.72. The number of hydrogen-bond acceptors (Lipinski definition) is 7. The zero-order valence-corrected chi connectivity index (χ0v) is 18.7. The number of fused-ring (bicyclic) bond motifs is 1. The van der Waals surface area contributed by atoms with Gasteiger partial charge in [0, 0.05) is 57.6 Å². The van der Waals surface area contributed by atoms with Crippen molar-refractivity contribution in [2.75, 3.05) is 51.9 Å². The van der Waals surface area contributed by atoms with E-state index in [2.05, 4.69) is 10.1 Å². The molecule has 1 aliphatic rings. The number of benzene rings is 1. The smallest absolute Gasteiger partial charge is 0.219 e. The molecule has 1 fully saturated rings. The third kappa shape index (κ3) is 4.51. The van der Waals surface area contributed by atoms with Gasteiger partial charge in [-0.1, -0.05) is 0 Å². The molecule has 0 N–H and O–H groups in total. The van der Waals surface area contributed by atoms with Crippen LogP contribution in [0.3, 0.4) is 0 Å². The number of nitrogens with zero attached hydrogens (tertiary/aromatic N) is 5. The molecular formula is C21H27N5O4S. The second-order valence-corrected chi connectivity index (χ2v) is 10.00. The van der Waals surface area contributed by atoms with Gasteiger partial charge in [0.05, 0.1) is 17.8 Å². The van der Waals surface area contributed by atoms with E-state index in [4.69, 9.17) is 9.47 Å². The summed E-state index contributed by atoms with van der Waals surface area (Å²) in [5, 5.41) is 5.18. The first-order valence-electron chi connectivity index (χ1n) is 10.2. The zero-order chi connectivity index (χ0) is 22.0. The van der Waals surface area contributed by atoms with E-state index in [-0.39, 0.29) is 0 Å². The topological polar surface area (TPSA) is 89.8 Å². The van der Waals surface area contributed by atoms with Crippen molar-refractivity contribution in [3.05, 3.63) is 42.7 Å². The molecule has 10 heteroatoms. The summed E-state index contributed by atoms with van der Waals surface area (Å²) in [6.07, 6.45) is 3.69. The van der Waals surface area contributed by atoms with E-state index in [9.17, 15) is 8.42 Å². The lowest BCUT2D eigenvalue weighted by molar-refractivity contribution is 0.110. The molecule has 3 heterocycles. The van der Waals surface area contributed by atoms with Crippen molar-refractivity contribution >= 4 is 26.7 Å². The van der Waals surface area contributed by atoms with Crippen molar-refractivity contribution < 1.29 is 17.9 Å². The Morgan fingerprint density at radius 1 is 1.16 bits per heavy atom. The quantitative estimate of drug-likeness (QED) is 0.465. The van der Waals surface area contributed by atoms with Gasteiger partial charge in [0.25, 0.3) is 0 Å². The van der Waals surface area contributed by atoms with E-state index < -0.39 is 15.3 Å². The Labute approximate surface area is 182 Å². The maximum atomic E-state index is 12.2. The van der Waals surface area contributed by atoms with E-state index in [0.29, 0.717) is 32.9 Å². The molecule has 0 bridgehead atoms. The lowest BCUT2D eigenvalue weighted by Crippen LogP contribution is -2.57. The van der Waals surface area contributed by atoms with Gasteiger partial charge in [-0.15, -0.1) is 0 Å². The highest BCUT2D eigenvalue weighted by atomic mass is 32.2. The van der Waals surface area contributed by atoms with Crippen LogP contribution in [0.5, 0.6) is 5.75 Å². The normalized spacial score (nSPS) is 14.9. The van der Waals surface area contributed by atoms with Crippen molar-refractivity contribution in [1.29, 1.82) is 0 Å². The van der Waals surface area contributed by atoms with Crippen molar-refractivity contribution in [2.45, 2.75) is 12.2 Å². The number of sulfonamides is 1. The largest absolute Gasteiger partial charge is 0.491 e. The van der Waals surface area contributed by atoms with Gasteiger partial charge in [-0.25, -0.2) is 22.4 Å². The van der Waals surface area contributed by atoms with Gasteiger partial charge in [-0.3, -0.25) is 0 Å². The Balaban J connectivity index is 1.44. The van der Waals surface area contributed by atoms with Crippen LogP contribution in [0, 0.1) is 0 Å². The van der Waals surface area contributed by atoms with Gasteiger partial charge in [0.2, 0.25) is 10.0 Å². The van der Waals surface area contributed by atoms with Crippen molar-refractivity contribution in [3.63, 3.8) is 0 Å². The minimum Gasteiger partial charge on any atom is -0.491 e. The molecule has 3 aromatic rings. The number of anilines is 1. The number of ether oxygens (including phenoxy) is 2. The predicted octanol–water partition coefficient (Wildman–Crippen LogP) is 1.92. The van der Waals surface area contributed by atoms with Crippen LogP contribution in [0.25, 0.3) is 16.6 Å². The lowest BCUT2D eigenvalue weighted by Gasteiger charge is -2.40. The number of hydrogen-bond donors (Lipinski definition) is 0. The van der Waals surface area contributed by atoms with E-state index >= 15 is 0 Å². The van der Waals surface area contributed by atoms with Gasteiger partial charge in [0.1, 0.15) is 23.4 Å². The van der Waals surface area contributed by atoms with E-state index in [0.717, 1.165) is 28.2 Å². The monoisotopic (exact) mass is 445 g/mol. The Bertz CT molecular complexity index is 1140. The third-order valence-corrected chi connectivity index (χ3v) is 7.44. The fourth-order valence-electron chi connectivity index (χ4n) is 3.38. The van der Waals surface area contributed by atoms with Crippen LogP contribution in [0.1, 0.15) is 6.92 Å². The molecular weight excluding hydrogens is 418 g/mol. The van der Waals surface area contributed by atoms with Crippen LogP contribution in [0.4, 0.5) is 5.82 Å². The molecule has 1 aliphatic heterocycles. The summed E-state index contributed by atoms with van der Waals surface area (Å²) in [7, 11) is -0.113. The van der Waals surface area contributed by atoms with Gasteiger partial charge < -0.3 is 14.4 Å². The third-order valence-electron chi connectivity index (χ3n) is 5.28. The fraction of sp³-hybridized carbons (Fsp3) is 0.429. The molecule has 9 nitrogen and oxygen atoms in total. The highest BCUT2D eigenvalue weighted by Crippen LogP contribution is 2.27. The first kappa shape index (κ1) is 21.5. The highest BCUT2D eigenvalue weighted by molar-refractivity contribution is 7.89. The van der Waals surface area contributed by atoms with Gasteiger partial charge >= 0.3 is 0 Å². The molecule has 0 amide bonds. The molecule has 31 heavy (non-hydrogen) atoms. The zero-order valence-electron chi connectivity index (χ0n) is 17.9. The fourth-order valence-corrected chi connectivity index (χ4v) is 4.72. The Morgan fingerprint density at radius 3 is 2.58 bits per heavy atom. The molecule has 0 saturated carbocycles. The van der Waals surface area contributed by atoms with Crippen molar-refractivity contribution in [3.8, 4) is 11.4 Å². The Hall–Kier alpha value is -2.69. The number of rotatable bonds is 9. The predicted molar refractivity (Wildman–Crippen MR) is 119 cm³/mol. The summed E-state index contributed by atoms with van der Waals surface area (Å²) in [4.78, 5) is 6.45. The summed E-state index contributed by atoms with van der Waals surface area (Å²) in [6, 6.07) is 9.60. The molecule has 1 aromatic carbocycles. The standard InChI is InChI=1S/C21H27N5O4S/c1-4-29-9-10-30-18-7-5-17(6-8-18)26-13-16-12-22-21(11-20(16)23-26)25-14-19(15-25)31(27,28)24(2)3/h5-8,11-13,19H,4,9-10,14-15H2,1-3H3. The SMILES string of the molecule is CCOCCOc1ccc(-n2cc3cnc(N4CC(S(=O)(=O)N(C)C)C4)cc3n2)cc1. The molecule has 4 rings (SSSR count). The summed E-state index contributed by atoms with van der Waals surface area (Å²) >= 11 is 0. The first-order chi connectivity index (χ1) is 14.9. The van der Waals surface area contributed by atoms with E-state index in [1.54, 1.807) is 25.0 Å². The summed E-state index contributed by atoms with van der Waals surface area (Å²) in [5.74, 6) is 1.52. The second kappa shape index (κ2) is 8.81. The number of aromatic nitrogens is 3. The Morgan fingerprint density at radius 2 is 1.90 bits per heavy atom. The maximum absolute atomic E-state index is 12.2. The van der Waals surface area contributed by atoms with Crippen molar-refractivity contribution in [1.82, 2.24) is 19.1 Å². The van der Waals surface area contributed by atoms with Crippen molar-refractivity contribution in [2.24, 2.45) is 0 Å².